The van der Waals surface area contributed by atoms with E-state index in [4.69, 9.17) is 16.3 Å². The first kappa shape index (κ1) is 32.9. The Bertz CT molecular complexity index is 1710. The molecule has 1 aliphatic carbocycles. The van der Waals surface area contributed by atoms with E-state index in [0.29, 0.717) is 45.2 Å². The van der Waals surface area contributed by atoms with Crippen LogP contribution in [0.5, 0.6) is 5.75 Å². The molecule has 1 fully saturated rings. The van der Waals surface area contributed by atoms with Gasteiger partial charge in [-0.25, -0.2) is 4.39 Å². The lowest BCUT2D eigenvalue weighted by atomic mass is 9.89. The van der Waals surface area contributed by atoms with Crippen molar-refractivity contribution in [2.75, 3.05) is 13.7 Å². The van der Waals surface area contributed by atoms with Crippen molar-refractivity contribution >= 4 is 44.7 Å². The number of carbonyl (C=O) groups excluding carboxylic acids is 2. The van der Waals surface area contributed by atoms with Crippen LogP contribution >= 0.6 is 22.9 Å². The Labute approximate surface area is 268 Å². The Morgan fingerprint density at radius 3 is 2.29 bits per heavy atom. The molecule has 45 heavy (non-hydrogen) atoms. The molecule has 0 atom stereocenters. The molecule has 5 rings (SSSR count). The van der Waals surface area contributed by atoms with E-state index in [-0.39, 0.29) is 28.4 Å². The lowest BCUT2D eigenvalue weighted by Gasteiger charge is -2.37. The fraction of sp³-hybridized carbons (Fsp3) is 0.353. The normalized spacial score (nSPS) is 17.0. The fourth-order valence-electron chi connectivity index (χ4n) is 5.94. The lowest BCUT2D eigenvalue weighted by Crippen LogP contribution is -2.44. The molecule has 0 aliphatic heterocycles. The SMILES string of the molecule is CCOc1ccc(-c2ccc(C(=O)C(F)(F)F)cc2)cc1CN(C(=O)c1sc2c(F)ccc(C)c2c1Cl)[C@H]1CC[C@@H](NC)CC1. The van der Waals surface area contributed by atoms with Crippen molar-refractivity contribution in [3.8, 4) is 16.9 Å². The van der Waals surface area contributed by atoms with Gasteiger partial charge in [-0.2, -0.15) is 13.2 Å². The Kier molecular flexibility index (Phi) is 9.86. The molecule has 3 aromatic carbocycles. The number of ether oxygens (including phenoxy) is 1. The highest BCUT2D eigenvalue weighted by Crippen LogP contribution is 2.41. The maximum atomic E-state index is 14.8. The van der Waals surface area contributed by atoms with Crippen LogP contribution in [0.2, 0.25) is 5.02 Å². The summed E-state index contributed by atoms with van der Waals surface area (Å²) in [5.41, 5.74) is 2.32. The molecule has 1 N–H and O–H groups in total. The molecule has 11 heteroatoms. The highest BCUT2D eigenvalue weighted by atomic mass is 35.5. The third-order valence-corrected chi connectivity index (χ3v) is 10.1. The number of hydrogen-bond acceptors (Lipinski definition) is 5. The largest absolute Gasteiger partial charge is 0.494 e. The van der Waals surface area contributed by atoms with Crippen LogP contribution in [0.3, 0.4) is 0 Å². The molecule has 0 radical (unpaired) electrons. The van der Waals surface area contributed by atoms with Crippen LogP contribution in [0.4, 0.5) is 17.6 Å². The molecule has 0 spiro atoms. The Hall–Kier alpha value is -3.47. The number of nitrogens with zero attached hydrogens (tertiary/aromatic N) is 1. The molecule has 1 saturated carbocycles. The number of halogens is 5. The first-order valence-electron chi connectivity index (χ1n) is 14.8. The van der Waals surface area contributed by atoms with Gasteiger partial charge in [-0.15, -0.1) is 11.3 Å². The monoisotopic (exact) mass is 660 g/mol. The van der Waals surface area contributed by atoms with E-state index in [1.54, 1.807) is 23.1 Å². The minimum atomic E-state index is -4.96. The molecule has 0 bridgehead atoms. The predicted octanol–water partition coefficient (Wildman–Crippen LogP) is 8.99. The average molecular weight is 661 g/mol. The number of rotatable bonds is 9. The van der Waals surface area contributed by atoms with Crippen molar-refractivity contribution in [3.05, 3.63) is 87.0 Å². The summed E-state index contributed by atoms with van der Waals surface area (Å²) in [7, 11) is 1.92. The quantitative estimate of drug-likeness (QED) is 0.144. The van der Waals surface area contributed by atoms with Gasteiger partial charge in [0.1, 0.15) is 16.4 Å². The summed E-state index contributed by atoms with van der Waals surface area (Å²) in [6, 6.07) is 13.9. The van der Waals surface area contributed by atoms with Crippen molar-refractivity contribution in [1.29, 1.82) is 0 Å². The molecule has 0 saturated heterocycles. The second kappa shape index (κ2) is 13.5. The summed E-state index contributed by atoms with van der Waals surface area (Å²) in [5.74, 6) is -2.07. The molecule has 1 heterocycles. The summed E-state index contributed by atoms with van der Waals surface area (Å²) in [5, 5.41) is 4.09. The number of amides is 1. The number of benzene rings is 3. The standard InChI is InChI=1S/C34H33ClF4N2O3S/c1-4-44-27-16-10-22(20-6-8-21(9-7-20)32(42)34(37,38)39)17-23(27)18-41(25-13-11-24(40-3)12-14-25)33(43)31-29(35)28-19(2)5-15-26(36)30(28)45-31/h5-10,15-17,24-25,40H,4,11-14,18H2,1-3H3/t24-,25+. The third kappa shape index (κ3) is 6.88. The average Bonchev–Trinajstić information content (AvgIpc) is 3.39. The molecule has 1 aliphatic rings. The van der Waals surface area contributed by atoms with Gasteiger partial charge in [0.05, 0.1) is 16.3 Å². The van der Waals surface area contributed by atoms with Crippen LogP contribution < -0.4 is 10.1 Å². The fourth-order valence-corrected chi connectivity index (χ4v) is 7.57. The van der Waals surface area contributed by atoms with Crippen LogP contribution in [0, 0.1) is 12.7 Å². The predicted molar refractivity (Wildman–Crippen MR) is 170 cm³/mol. The number of aryl methyl sites for hydroxylation is 1. The Morgan fingerprint density at radius 1 is 1.02 bits per heavy atom. The molecular weight excluding hydrogens is 628 g/mol. The van der Waals surface area contributed by atoms with Gasteiger partial charge in [0, 0.05) is 35.1 Å². The molecule has 1 aromatic heterocycles. The molecule has 238 valence electrons. The minimum Gasteiger partial charge on any atom is -0.494 e. The van der Waals surface area contributed by atoms with Crippen molar-refractivity contribution in [2.45, 2.75) is 64.3 Å². The number of ketones is 1. The van der Waals surface area contributed by atoms with E-state index in [1.807, 2.05) is 27.0 Å². The Morgan fingerprint density at radius 2 is 1.69 bits per heavy atom. The van der Waals surface area contributed by atoms with E-state index in [2.05, 4.69) is 5.32 Å². The summed E-state index contributed by atoms with van der Waals surface area (Å²) >= 11 is 7.83. The zero-order valence-corrected chi connectivity index (χ0v) is 26.6. The van der Waals surface area contributed by atoms with Gasteiger partial charge in [-0.1, -0.05) is 48.0 Å². The van der Waals surface area contributed by atoms with Crippen molar-refractivity contribution in [1.82, 2.24) is 10.2 Å². The van der Waals surface area contributed by atoms with E-state index in [0.717, 1.165) is 54.7 Å². The number of hydrogen-bond donors (Lipinski definition) is 1. The van der Waals surface area contributed by atoms with Gasteiger partial charge in [-0.05, 0) is 81.5 Å². The highest BCUT2D eigenvalue weighted by Gasteiger charge is 2.39. The number of Topliss-reactive ketones (excluding diaryl/α,β-unsaturated/α-hetero) is 1. The summed E-state index contributed by atoms with van der Waals surface area (Å²) in [6.07, 6.45) is -1.70. The van der Waals surface area contributed by atoms with E-state index in [9.17, 15) is 27.2 Å². The second-order valence-electron chi connectivity index (χ2n) is 11.2. The molecule has 0 unspecified atom stereocenters. The minimum absolute atomic E-state index is 0.111. The third-order valence-electron chi connectivity index (χ3n) is 8.38. The van der Waals surface area contributed by atoms with Crippen molar-refractivity contribution < 1.29 is 31.9 Å². The van der Waals surface area contributed by atoms with E-state index >= 15 is 0 Å². The van der Waals surface area contributed by atoms with Gasteiger partial charge < -0.3 is 15.0 Å². The number of carbonyl (C=O) groups is 2. The molecular formula is C34H33ClF4N2O3S. The smallest absolute Gasteiger partial charge is 0.454 e. The van der Waals surface area contributed by atoms with Gasteiger partial charge in [0.15, 0.2) is 0 Å². The second-order valence-corrected chi connectivity index (χ2v) is 12.6. The molecule has 1 amide bonds. The van der Waals surface area contributed by atoms with Crippen molar-refractivity contribution in [3.63, 3.8) is 0 Å². The lowest BCUT2D eigenvalue weighted by molar-refractivity contribution is -0.0885. The molecule has 4 aromatic rings. The maximum absolute atomic E-state index is 14.8. The number of alkyl halides is 3. The van der Waals surface area contributed by atoms with Gasteiger partial charge in [-0.3, -0.25) is 9.59 Å². The van der Waals surface area contributed by atoms with Crippen LogP contribution in [-0.4, -0.2) is 48.5 Å². The topological polar surface area (TPSA) is 58.6 Å². The van der Waals surface area contributed by atoms with Crippen molar-refractivity contribution in [2.24, 2.45) is 0 Å². The summed E-state index contributed by atoms with van der Waals surface area (Å²) < 4.78 is 59.9. The van der Waals surface area contributed by atoms with E-state index in [1.165, 1.54) is 18.2 Å². The highest BCUT2D eigenvalue weighted by molar-refractivity contribution is 7.21. The zero-order chi connectivity index (χ0) is 32.5. The van der Waals surface area contributed by atoms with Gasteiger partial charge in [0.25, 0.3) is 11.7 Å². The first-order valence-corrected chi connectivity index (χ1v) is 15.9. The number of fused-ring (bicyclic) bond motifs is 1. The van der Waals surface area contributed by atoms with Crippen LogP contribution in [0.25, 0.3) is 21.2 Å². The number of thiophene rings is 1. The van der Waals surface area contributed by atoms with Gasteiger partial charge in [0.2, 0.25) is 0 Å². The van der Waals surface area contributed by atoms with Crippen LogP contribution in [0.15, 0.2) is 54.6 Å². The van der Waals surface area contributed by atoms with Crippen LogP contribution in [-0.2, 0) is 6.54 Å². The van der Waals surface area contributed by atoms with Crippen LogP contribution in [0.1, 0.15) is 63.8 Å². The van der Waals surface area contributed by atoms with E-state index < -0.39 is 23.3 Å². The summed E-state index contributed by atoms with van der Waals surface area (Å²) in [6.45, 7) is 4.23. The van der Waals surface area contributed by atoms with Gasteiger partial charge >= 0.3 is 6.18 Å². The Balaban J connectivity index is 1.54. The zero-order valence-electron chi connectivity index (χ0n) is 25.1. The maximum Gasteiger partial charge on any atom is 0.454 e. The number of nitrogens with one attached hydrogen (secondary N) is 1. The summed E-state index contributed by atoms with van der Waals surface area (Å²) in [4.78, 5) is 28.1. The first-order chi connectivity index (χ1) is 21.4. The molecule has 5 nitrogen and oxygen atoms in total.